The molecular formula is C18H17ClFNO2. The van der Waals surface area contributed by atoms with E-state index in [0.717, 1.165) is 5.56 Å². The Morgan fingerprint density at radius 3 is 2.48 bits per heavy atom. The van der Waals surface area contributed by atoms with Crippen molar-refractivity contribution in [1.82, 2.24) is 5.32 Å². The van der Waals surface area contributed by atoms with Crippen LogP contribution in [0.2, 0.25) is 5.02 Å². The van der Waals surface area contributed by atoms with Gasteiger partial charge in [0.25, 0.3) is 0 Å². The number of Topliss-reactive ketones (excluding diaryl/α,β-unsaturated/α-hetero) is 1. The molecule has 5 heteroatoms. The first-order valence-electron chi connectivity index (χ1n) is 7.29. The minimum absolute atomic E-state index is 0.0831. The summed E-state index contributed by atoms with van der Waals surface area (Å²) in [5, 5.41) is 3.44. The third-order valence-corrected chi connectivity index (χ3v) is 3.71. The molecule has 0 unspecified atom stereocenters. The first-order chi connectivity index (χ1) is 11.0. The van der Waals surface area contributed by atoms with Gasteiger partial charge >= 0.3 is 0 Å². The maximum Gasteiger partial charge on any atom is 0.220 e. The highest BCUT2D eigenvalue weighted by atomic mass is 35.5. The molecule has 0 saturated carbocycles. The Labute approximate surface area is 139 Å². The Balaban J connectivity index is 1.85. The smallest absolute Gasteiger partial charge is 0.220 e. The Bertz CT molecular complexity index is 700. The lowest BCUT2D eigenvalue weighted by atomic mass is 10.1. The number of carbonyl (C=O) groups excluding carboxylic acids is 2. The van der Waals surface area contributed by atoms with Crippen LogP contribution < -0.4 is 5.32 Å². The van der Waals surface area contributed by atoms with E-state index in [1.54, 1.807) is 12.1 Å². The maximum absolute atomic E-state index is 12.8. The van der Waals surface area contributed by atoms with E-state index in [9.17, 15) is 14.0 Å². The minimum Gasteiger partial charge on any atom is -0.350 e. The van der Waals surface area contributed by atoms with E-state index in [1.807, 2.05) is 19.1 Å². The molecule has 0 aliphatic heterocycles. The van der Waals surface area contributed by atoms with Crippen LogP contribution in [-0.2, 0) is 4.79 Å². The van der Waals surface area contributed by atoms with Gasteiger partial charge in [0.1, 0.15) is 5.82 Å². The van der Waals surface area contributed by atoms with E-state index in [-0.39, 0.29) is 30.6 Å². The SMILES string of the molecule is C[C@H](NC(=O)CCC(=O)c1ccc(F)cc1)c1cccc(Cl)c1. The maximum atomic E-state index is 12.8. The number of ketones is 1. The van der Waals surface area contributed by atoms with E-state index in [4.69, 9.17) is 11.6 Å². The third-order valence-electron chi connectivity index (χ3n) is 3.47. The molecule has 120 valence electrons. The monoisotopic (exact) mass is 333 g/mol. The summed E-state index contributed by atoms with van der Waals surface area (Å²) in [6.45, 7) is 1.85. The molecule has 1 N–H and O–H groups in total. The number of amides is 1. The second-order valence-corrected chi connectivity index (χ2v) is 5.71. The molecule has 0 bridgehead atoms. The number of rotatable bonds is 6. The predicted octanol–water partition coefficient (Wildman–Crippen LogP) is 4.32. The van der Waals surface area contributed by atoms with E-state index in [0.29, 0.717) is 10.6 Å². The van der Waals surface area contributed by atoms with Gasteiger partial charge in [-0.1, -0.05) is 23.7 Å². The summed E-state index contributed by atoms with van der Waals surface area (Å²) >= 11 is 5.92. The largest absolute Gasteiger partial charge is 0.350 e. The summed E-state index contributed by atoms with van der Waals surface area (Å²) in [5.41, 5.74) is 1.30. The molecule has 3 nitrogen and oxygen atoms in total. The van der Waals surface area contributed by atoms with Crippen molar-refractivity contribution in [3.05, 3.63) is 70.5 Å². The highest BCUT2D eigenvalue weighted by Crippen LogP contribution is 2.17. The van der Waals surface area contributed by atoms with E-state index in [2.05, 4.69) is 5.32 Å². The first-order valence-corrected chi connectivity index (χ1v) is 7.67. The predicted molar refractivity (Wildman–Crippen MR) is 88.0 cm³/mol. The summed E-state index contributed by atoms with van der Waals surface area (Å²) in [4.78, 5) is 23.9. The van der Waals surface area contributed by atoms with Crippen molar-refractivity contribution in [1.29, 1.82) is 0 Å². The van der Waals surface area contributed by atoms with E-state index < -0.39 is 5.82 Å². The number of carbonyl (C=O) groups is 2. The zero-order valence-electron chi connectivity index (χ0n) is 12.7. The quantitative estimate of drug-likeness (QED) is 0.800. The van der Waals surface area contributed by atoms with Crippen LogP contribution in [0.15, 0.2) is 48.5 Å². The topological polar surface area (TPSA) is 46.2 Å². The fraction of sp³-hybridized carbons (Fsp3) is 0.222. The van der Waals surface area contributed by atoms with Crippen LogP contribution >= 0.6 is 11.6 Å². The zero-order chi connectivity index (χ0) is 16.8. The Kier molecular flexibility index (Phi) is 5.88. The normalized spacial score (nSPS) is 11.8. The molecule has 0 aromatic heterocycles. The van der Waals surface area contributed by atoms with Gasteiger partial charge in [0.15, 0.2) is 5.78 Å². The van der Waals surface area contributed by atoms with Gasteiger partial charge < -0.3 is 5.32 Å². The fourth-order valence-corrected chi connectivity index (χ4v) is 2.38. The van der Waals surface area contributed by atoms with Crippen molar-refractivity contribution in [2.75, 3.05) is 0 Å². The average molecular weight is 334 g/mol. The Hall–Kier alpha value is -2.20. The van der Waals surface area contributed by atoms with Crippen LogP contribution in [0.4, 0.5) is 4.39 Å². The molecule has 0 saturated heterocycles. The van der Waals surface area contributed by atoms with Crippen LogP contribution in [0.5, 0.6) is 0 Å². The lowest BCUT2D eigenvalue weighted by Crippen LogP contribution is -2.26. The van der Waals surface area contributed by atoms with Gasteiger partial charge in [-0.3, -0.25) is 9.59 Å². The molecule has 23 heavy (non-hydrogen) atoms. The molecule has 0 aliphatic carbocycles. The van der Waals surface area contributed by atoms with E-state index in [1.165, 1.54) is 24.3 Å². The number of halogens is 2. The summed E-state index contributed by atoms with van der Waals surface area (Å²) in [5.74, 6) is -0.793. The molecule has 0 spiro atoms. The van der Waals surface area contributed by atoms with Gasteiger partial charge in [0.2, 0.25) is 5.91 Å². The fourth-order valence-electron chi connectivity index (χ4n) is 2.18. The van der Waals surface area contributed by atoms with Crippen LogP contribution in [0.1, 0.15) is 41.7 Å². The summed E-state index contributed by atoms with van der Waals surface area (Å²) in [7, 11) is 0. The average Bonchev–Trinajstić information content (AvgIpc) is 2.53. The number of hydrogen-bond acceptors (Lipinski definition) is 2. The molecule has 2 aromatic rings. The molecule has 0 radical (unpaired) electrons. The molecule has 0 heterocycles. The molecule has 0 aliphatic rings. The molecular weight excluding hydrogens is 317 g/mol. The lowest BCUT2D eigenvalue weighted by molar-refractivity contribution is -0.121. The molecule has 1 amide bonds. The highest BCUT2D eigenvalue weighted by Gasteiger charge is 2.13. The van der Waals surface area contributed by atoms with E-state index >= 15 is 0 Å². The van der Waals surface area contributed by atoms with Crippen molar-refractivity contribution in [3.63, 3.8) is 0 Å². The molecule has 1 atom stereocenters. The Morgan fingerprint density at radius 1 is 1.13 bits per heavy atom. The first kappa shape index (κ1) is 17.2. The van der Waals surface area contributed by atoms with Crippen LogP contribution in [0.3, 0.4) is 0 Å². The Morgan fingerprint density at radius 2 is 1.83 bits per heavy atom. The van der Waals surface area contributed by atoms with Crippen molar-refractivity contribution in [2.45, 2.75) is 25.8 Å². The van der Waals surface area contributed by atoms with Crippen molar-refractivity contribution in [2.24, 2.45) is 0 Å². The number of hydrogen-bond donors (Lipinski definition) is 1. The number of nitrogens with one attached hydrogen (secondary N) is 1. The van der Waals surface area contributed by atoms with Crippen molar-refractivity contribution >= 4 is 23.3 Å². The number of benzene rings is 2. The van der Waals surface area contributed by atoms with Crippen molar-refractivity contribution in [3.8, 4) is 0 Å². The summed E-state index contributed by atoms with van der Waals surface area (Å²) in [6.07, 6.45) is 0.168. The lowest BCUT2D eigenvalue weighted by Gasteiger charge is -2.14. The van der Waals surface area contributed by atoms with Crippen LogP contribution in [0.25, 0.3) is 0 Å². The molecule has 0 fully saturated rings. The highest BCUT2D eigenvalue weighted by molar-refractivity contribution is 6.30. The van der Waals surface area contributed by atoms with Gasteiger partial charge in [-0.2, -0.15) is 0 Å². The third kappa shape index (κ3) is 5.18. The van der Waals surface area contributed by atoms with Crippen molar-refractivity contribution < 1.29 is 14.0 Å². The molecule has 2 aromatic carbocycles. The second kappa shape index (κ2) is 7.88. The summed E-state index contributed by atoms with van der Waals surface area (Å²) in [6, 6.07) is 12.4. The molecule has 2 rings (SSSR count). The van der Waals surface area contributed by atoms with Gasteiger partial charge in [-0.15, -0.1) is 0 Å². The van der Waals surface area contributed by atoms with Gasteiger partial charge in [-0.05, 0) is 48.9 Å². The van der Waals surface area contributed by atoms with Gasteiger partial charge in [0.05, 0.1) is 6.04 Å². The minimum atomic E-state index is -0.394. The standard InChI is InChI=1S/C18H17ClFNO2/c1-12(14-3-2-4-15(19)11-14)21-18(23)10-9-17(22)13-5-7-16(20)8-6-13/h2-8,11-12H,9-10H2,1H3,(H,21,23)/t12-/m0/s1. The summed E-state index contributed by atoms with van der Waals surface area (Å²) < 4.78 is 12.8. The zero-order valence-corrected chi connectivity index (χ0v) is 13.4. The van der Waals surface area contributed by atoms with Crippen LogP contribution in [0, 0.1) is 5.82 Å². The van der Waals surface area contributed by atoms with Gasteiger partial charge in [-0.25, -0.2) is 4.39 Å². The van der Waals surface area contributed by atoms with Gasteiger partial charge in [0, 0.05) is 23.4 Å². The van der Waals surface area contributed by atoms with Crippen LogP contribution in [-0.4, -0.2) is 11.7 Å². The second-order valence-electron chi connectivity index (χ2n) is 5.27.